The second-order valence-corrected chi connectivity index (χ2v) is 14.0. The molecule has 4 fully saturated rings. The first-order valence-electron chi connectivity index (χ1n) is 16.2. The summed E-state index contributed by atoms with van der Waals surface area (Å²) in [5.74, 6) is 3.46. The molecule has 5 rings (SSSR count). The van der Waals surface area contributed by atoms with Gasteiger partial charge in [0.1, 0.15) is 0 Å². The van der Waals surface area contributed by atoms with Gasteiger partial charge in [0, 0.05) is 9.52 Å². The number of nitrogens with one attached hydrogen (secondary N) is 1. The molecule has 39 heavy (non-hydrogen) atoms. The van der Waals surface area contributed by atoms with Crippen LogP contribution in [0.25, 0.3) is 5.73 Å². The molecular weight excluding hydrogens is 569 g/mol. The summed E-state index contributed by atoms with van der Waals surface area (Å²) in [6.07, 6.45) is 29.6. The van der Waals surface area contributed by atoms with E-state index in [1.165, 1.54) is 122 Å². The number of hydrogen-bond donors (Lipinski definition) is 0. The Hall–Kier alpha value is 0.951. The van der Waals surface area contributed by atoms with Gasteiger partial charge in [-0.15, -0.1) is 5.54 Å². The maximum Gasteiger partial charge on any atom is 4.00 e. The van der Waals surface area contributed by atoms with Gasteiger partial charge in [0.25, 0.3) is 0 Å². The van der Waals surface area contributed by atoms with Crippen molar-refractivity contribution in [1.82, 2.24) is 0 Å². The maximum atomic E-state index is 8.21. The van der Waals surface area contributed by atoms with Gasteiger partial charge in [-0.1, -0.05) is 143 Å². The zero-order valence-corrected chi connectivity index (χ0v) is 30.8. The van der Waals surface area contributed by atoms with Crippen molar-refractivity contribution in [2.45, 2.75) is 168 Å². The number of halogens is 2. The van der Waals surface area contributed by atoms with Gasteiger partial charge < -0.3 is 30.5 Å². The summed E-state index contributed by atoms with van der Waals surface area (Å²) in [5, 5.41) is 0. The first-order chi connectivity index (χ1) is 17.4. The second kappa shape index (κ2) is 23.4. The van der Waals surface area contributed by atoms with Crippen LogP contribution in [0.2, 0.25) is 13.1 Å². The van der Waals surface area contributed by atoms with E-state index in [2.05, 4.69) is 46.9 Å². The van der Waals surface area contributed by atoms with Crippen LogP contribution < -0.4 is 24.8 Å². The number of hydrogen-bond acceptors (Lipinski definition) is 0. The van der Waals surface area contributed by atoms with Gasteiger partial charge in [0.2, 0.25) is 0 Å². The largest absolute Gasteiger partial charge is 4.00 e. The summed E-state index contributed by atoms with van der Waals surface area (Å²) in [6, 6.07) is 0. The molecule has 1 unspecified atom stereocenters. The Kier molecular flexibility index (Phi) is 25.3. The minimum absolute atomic E-state index is 0. The molecule has 0 aromatic carbocycles. The third-order valence-electron chi connectivity index (χ3n) is 9.14. The van der Waals surface area contributed by atoms with Gasteiger partial charge >= 0.3 is 21.7 Å². The fraction of sp³-hybridized carbons (Fsp3) is 0.882. The molecule has 5 aliphatic rings. The van der Waals surface area contributed by atoms with E-state index in [1.807, 2.05) is 0 Å². The van der Waals surface area contributed by atoms with E-state index < -0.39 is 0 Å². The Morgan fingerprint density at radius 2 is 1.15 bits per heavy atom. The molecule has 0 spiro atoms. The molecular formula is C34H62Cl2NSiTi. The molecule has 1 N–H and O–H groups in total. The molecule has 0 amide bonds. The van der Waals surface area contributed by atoms with Gasteiger partial charge in [-0.3, -0.25) is 6.08 Å². The maximum absolute atomic E-state index is 8.21. The van der Waals surface area contributed by atoms with E-state index in [4.69, 9.17) is 5.73 Å². The fourth-order valence-corrected chi connectivity index (χ4v) is 7.82. The van der Waals surface area contributed by atoms with Crippen LogP contribution in [0.1, 0.15) is 150 Å². The molecule has 0 aromatic heterocycles. The zero-order valence-electron chi connectivity index (χ0n) is 26.6. The first-order valence-corrected chi connectivity index (χ1v) is 18.5. The molecule has 5 heteroatoms. The van der Waals surface area contributed by atoms with Crippen molar-refractivity contribution >= 4 is 9.52 Å². The average molecular weight is 632 g/mol. The average Bonchev–Trinajstić information content (AvgIpc) is 3.13. The van der Waals surface area contributed by atoms with Crippen molar-refractivity contribution in [3.8, 4) is 0 Å². The van der Waals surface area contributed by atoms with E-state index in [9.17, 15) is 0 Å². The van der Waals surface area contributed by atoms with E-state index in [1.54, 1.807) is 16.7 Å². The molecule has 225 valence electrons. The van der Waals surface area contributed by atoms with Crippen molar-refractivity contribution in [3.63, 3.8) is 0 Å². The van der Waals surface area contributed by atoms with Gasteiger partial charge in [-0.2, -0.15) is 11.1 Å². The summed E-state index contributed by atoms with van der Waals surface area (Å²) >= 11 is 0. The van der Waals surface area contributed by atoms with E-state index in [0.29, 0.717) is 5.92 Å². The third-order valence-corrected chi connectivity index (χ3v) is 9.14. The van der Waals surface area contributed by atoms with Crippen LogP contribution in [0.4, 0.5) is 0 Å². The SMILES string of the molecule is CCCCCCCCC1=C(CCCCCC)C(CC)=[C-]C1C.C[SiH]C.[Cl-].[Cl-].[NH-]C12CC3CC(CC(C3)C1)C2.[Ti+4]. The standard InChI is InChI=1S/C22H39.C10H16N.C2H7Si.2ClH.Ti/c1-5-8-10-12-13-15-16-21-19(4)18-20(7-3)22(21)17-14-11-9-6-2;11-10-4-7-1-8(5-10)3-9(2-7)6-10;1-3-2;;;/h19H,5-17H2,1-4H3;7-9,11H,1-6H2;3H,1-2H3;2*1H;/q2*-1;;;;+4/p-2. The van der Waals surface area contributed by atoms with Crippen LogP contribution in [-0.4, -0.2) is 15.1 Å². The number of allylic oxidation sites excluding steroid dienone is 4. The van der Waals surface area contributed by atoms with Crippen molar-refractivity contribution in [3.05, 3.63) is 28.5 Å². The smallest absolute Gasteiger partial charge is 1.00 e. The van der Waals surface area contributed by atoms with Gasteiger partial charge in [0.05, 0.1) is 0 Å². The fourth-order valence-electron chi connectivity index (χ4n) is 7.82. The van der Waals surface area contributed by atoms with Gasteiger partial charge in [-0.25, -0.2) is 5.57 Å². The Balaban J connectivity index is 0. The molecule has 0 aromatic rings. The summed E-state index contributed by atoms with van der Waals surface area (Å²) in [7, 11) is 0.750. The zero-order chi connectivity index (χ0) is 26.4. The van der Waals surface area contributed by atoms with Crippen molar-refractivity contribution in [2.75, 3.05) is 0 Å². The monoisotopic (exact) mass is 630 g/mol. The van der Waals surface area contributed by atoms with Gasteiger partial charge in [0.15, 0.2) is 0 Å². The predicted octanol–water partition coefficient (Wildman–Crippen LogP) is 5.33. The van der Waals surface area contributed by atoms with Crippen LogP contribution in [0, 0.1) is 29.7 Å². The summed E-state index contributed by atoms with van der Waals surface area (Å²) in [4.78, 5) is 0. The van der Waals surface area contributed by atoms with Crippen LogP contribution in [-0.2, 0) is 21.7 Å². The van der Waals surface area contributed by atoms with Crippen molar-refractivity contribution in [2.24, 2.45) is 23.7 Å². The number of rotatable bonds is 13. The predicted molar refractivity (Wildman–Crippen MR) is 164 cm³/mol. The molecule has 0 saturated heterocycles. The summed E-state index contributed by atoms with van der Waals surface area (Å²) in [6.45, 7) is 13.7. The molecule has 1 atom stereocenters. The second-order valence-electron chi connectivity index (χ2n) is 12.8. The Morgan fingerprint density at radius 3 is 1.59 bits per heavy atom. The minimum atomic E-state index is 0. The van der Waals surface area contributed by atoms with E-state index in [0.717, 1.165) is 27.3 Å². The third kappa shape index (κ3) is 14.8. The quantitative estimate of drug-likeness (QED) is 0.149. The van der Waals surface area contributed by atoms with Crippen LogP contribution in [0.5, 0.6) is 0 Å². The van der Waals surface area contributed by atoms with E-state index >= 15 is 0 Å². The minimum Gasteiger partial charge on any atom is -1.00 e. The Morgan fingerprint density at radius 1 is 0.744 bits per heavy atom. The topological polar surface area (TPSA) is 23.8 Å². The molecule has 4 saturated carbocycles. The van der Waals surface area contributed by atoms with Crippen LogP contribution >= 0.6 is 0 Å². The summed E-state index contributed by atoms with van der Waals surface area (Å²) in [5.41, 5.74) is 13.3. The molecule has 5 aliphatic carbocycles. The normalized spacial score (nSPS) is 27.7. The molecule has 0 heterocycles. The van der Waals surface area contributed by atoms with Gasteiger partial charge in [-0.05, 0) is 43.4 Å². The van der Waals surface area contributed by atoms with Crippen LogP contribution in [0.3, 0.4) is 0 Å². The first kappa shape index (κ1) is 42.1. The molecule has 4 bridgehead atoms. The molecule has 1 nitrogen and oxygen atoms in total. The molecule has 1 radical (unpaired) electrons. The summed E-state index contributed by atoms with van der Waals surface area (Å²) < 4.78 is 0. The Labute approximate surface area is 275 Å². The van der Waals surface area contributed by atoms with E-state index in [-0.39, 0.29) is 52.1 Å². The van der Waals surface area contributed by atoms with Crippen molar-refractivity contribution in [1.29, 1.82) is 0 Å². The van der Waals surface area contributed by atoms with Crippen LogP contribution in [0.15, 0.2) is 16.7 Å². The van der Waals surface area contributed by atoms with Crippen molar-refractivity contribution < 1.29 is 46.5 Å². The Bertz CT molecular complexity index is 643. The number of unbranched alkanes of at least 4 members (excludes halogenated alkanes) is 8. The molecule has 0 aliphatic heterocycles.